The number of fused-ring (bicyclic) bond motifs is 1. The van der Waals surface area contributed by atoms with Crippen molar-refractivity contribution in [1.82, 2.24) is 10.3 Å². The van der Waals surface area contributed by atoms with Crippen LogP contribution < -0.4 is 5.32 Å². The number of rotatable bonds is 7. The second-order valence-electron chi connectivity index (χ2n) is 6.59. The monoisotopic (exact) mass is 440 g/mol. The highest BCUT2D eigenvalue weighted by atomic mass is 35.5. The van der Waals surface area contributed by atoms with Gasteiger partial charge in [-0.05, 0) is 43.2 Å². The van der Waals surface area contributed by atoms with E-state index in [-0.39, 0.29) is 24.4 Å². The maximum Gasteiger partial charge on any atom is 0.335 e. The van der Waals surface area contributed by atoms with Crippen LogP contribution in [0, 0.1) is 0 Å². The van der Waals surface area contributed by atoms with Crippen molar-refractivity contribution in [2.75, 3.05) is 0 Å². The molecule has 1 aromatic heterocycles. The molecule has 3 aromatic rings. The van der Waals surface area contributed by atoms with Crippen LogP contribution in [0.15, 0.2) is 54.6 Å². The average molecular weight is 441 g/mol. The molecule has 30 heavy (non-hydrogen) atoms. The number of nitrogens with one attached hydrogen (secondary N) is 1. The zero-order chi connectivity index (χ0) is 21.7. The van der Waals surface area contributed by atoms with E-state index in [4.69, 9.17) is 16.7 Å². The number of aromatic nitrogens is 1. The van der Waals surface area contributed by atoms with Crippen molar-refractivity contribution >= 4 is 50.6 Å². The fourth-order valence-electron chi connectivity index (χ4n) is 3.04. The molecule has 0 bridgehead atoms. The van der Waals surface area contributed by atoms with Gasteiger partial charge in [0.1, 0.15) is 5.01 Å². The zero-order valence-corrected chi connectivity index (χ0v) is 18.2. The first kappa shape index (κ1) is 21.7. The minimum Gasteiger partial charge on any atom is -0.478 e. The standard InChI is InChI=1S/C23H21ClN2O3S/c1-3-6-15(4-2)17-9-10-18-22(21(17)24)30-20(26-18)12-19(27)25-13-14-7-5-8-16(11-14)23(28)29/h3-11H,12-13H2,1-2H3,(H,25,27)(H,28,29)/b6-3-,15-4+. The van der Waals surface area contributed by atoms with Crippen molar-refractivity contribution in [3.05, 3.63) is 81.3 Å². The van der Waals surface area contributed by atoms with Gasteiger partial charge < -0.3 is 10.4 Å². The minimum absolute atomic E-state index is 0.134. The normalized spacial score (nSPS) is 11.9. The summed E-state index contributed by atoms with van der Waals surface area (Å²) in [6.45, 7) is 4.17. The number of thiazole rings is 1. The molecule has 0 saturated carbocycles. The Hall–Kier alpha value is -2.96. The third kappa shape index (κ3) is 4.96. The molecular formula is C23H21ClN2O3S. The molecule has 0 aliphatic heterocycles. The maximum absolute atomic E-state index is 12.4. The molecule has 0 aliphatic rings. The lowest BCUT2D eigenvalue weighted by Crippen LogP contribution is -2.24. The van der Waals surface area contributed by atoms with E-state index < -0.39 is 5.97 Å². The summed E-state index contributed by atoms with van der Waals surface area (Å²) >= 11 is 8.04. The lowest BCUT2D eigenvalue weighted by atomic mass is 10.0. The number of hydrogen-bond acceptors (Lipinski definition) is 4. The van der Waals surface area contributed by atoms with Gasteiger partial charge in [0.2, 0.25) is 5.91 Å². The van der Waals surface area contributed by atoms with Gasteiger partial charge in [-0.25, -0.2) is 9.78 Å². The van der Waals surface area contributed by atoms with Gasteiger partial charge >= 0.3 is 5.97 Å². The van der Waals surface area contributed by atoms with Gasteiger partial charge in [0.05, 0.1) is 27.2 Å². The number of hydrogen-bond donors (Lipinski definition) is 2. The highest BCUT2D eigenvalue weighted by molar-refractivity contribution is 7.19. The van der Waals surface area contributed by atoms with Crippen molar-refractivity contribution in [1.29, 1.82) is 0 Å². The fourth-order valence-corrected chi connectivity index (χ4v) is 4.43. The van der Waals surface area contributed by atoms with Crippen LogP contribution in [0.1, 0.15) is 40.3 Å². The summed E-state index contributed by atoms with van der Waals surface area (Å²) in [6.07, 6.45) is 6.10. The molecule has 0 aliphatic carbocycles. The first-order valence-electron chi connectivity index (χ1n) is 9.39. The van der Waals surface area contributed by atoms with Crippen LogP contribution in [-0.2, 0) is 17.8 Å². The molecule has 1 amide bonds. The Labute approximate surface area is 183 Å². The lowest BCUT2D eigenvalue weighted by Gasteiger charge is -2.05. The highest BCUT2D eigenvalue weighted by Gasteiger charge is 2.14. The molecule has 0 unspecified atom stereocenters. The van der Waals surface area contributed by atoms with Gasteiger partial charge in [-0.1, -0.05) is 48.0 Å². The smallest absolute Gasteiger partial charge is 0.335 e. The number of amides is 1. The highest BCUT2D eigenvalue weighted by Crippen LogP contribution is 2.35. The third-order valence-corrected chi connectivity index (χ3v) is 6.08. The molecule has 7 heteroatoms. The van der Waals surface area contributed by atoms with E-state index in [1.54, 1.807) is 18.2 Å². The molecule has 2 aromatic carbocycles. The first-order valence-corrected chi connectivity index (χ1v) is 10.6. The molecule has 0 atom stereocenters. The van der Waals surface area contributed by atoms with Gasteiger partial charge in [-0.2, -0.15) is 0 Å². The Morgan fingerprint density at radius 3 is 2.73 bits per heavy atom. The molecule has 0 fully saturated rings. The number of halogens is 1. The SMILES string of the molecule is C/C=C\C(=C/C)c1ccc2nc(CC(=O)NCc3cccc(C(=O)O)c3)sc2c1Cl. The van der Waals surface area contributed by atoms with Gasteiger partial charge in [-0.15, -0.1) is 11.3 Å². The first-order chi connectivity index (χ1) is 14.4. The largest absolute Gasteiger partial charge is 0.478 e. The lowest BCUT2D eigenvalue weighted by molar-refractivity contribution is -0.120. The third-order valence-electron chi connectivity index (χ3n) is 4.48. The van der Waals surface area contributed by atoms with Crippen molar-refractivity contribution in [2.24, 2.45) is 0 Å². The van der Waals surface area contributed by atoms with Crippen molar-refractivity contribution in [3.8, 4) is 0 Å². The zero-order valence-electron chi connectivity index (χ0n) is 16.6. The van der Waals surface area contributed by atoms with Crippen LogP contribution in [-0.4, -0.2) is 22.0 Å². The Balaban J connectivity index is 1.73. The Bertz CT molecular complexity index is 1160. The summed E-state index contributed by atoms with van der Waals surface area (Å²) in [5, 5.41) is 13.2. The van der Waals surface area contributed by atoms with Crippen LogP contribution in [0.3, 0.4) is 0 Å². The number of aromatic carboxylic acids is 1. The van der Waals surface area contributed by atoms with Crippen LogP contribution in [0.25, 0.3) is 15.8 Å². The van der Waals surface area contributed by atoms with Crippen molar-refractivity contribution in [3.63, 3.8) is 0 Å². The van der Waals surface area contributed by atoms with E-state index >= 15 is 0 Å². The molecule has 0 saturated heterocycles. The summed E-state index contributed by atoms with van der Waals surface area (Å²) in [7, 11) is 0. The number of carbonyl (C=O) groups excluding carboxylic acids is 1. The number of carbonyl (C=O) groups is 2. The second-order valence-corrected chi connectivity index (χ2v) is 8.05. The summed E-state index contributed by atoms with van der Waals surface area (Å²) in [4.78, 5) is 28.0. The summed E-state index contributed by atoms with van der Waals surface area (Å²) in [5.41, 5.74) is 3.64. The number of nitrogens with zero attached hydrogens (tertiary/aromatic N) is 1. The molecule has 1 heterocycles. The molecule has 154 valence electrons. The Morgan fingerprint density at radius 1 is 1.23 bits per heavy atom. The summed E-state index contributed by atoms with van der Waals surface area (Å²) in [6, 6.07) is 10.4. The van der Waals surface area contributed by atoms with E-state index in [1.807, 2.05) is 44.2 Å². The topological polar surface area (TPSA) is 79.3 Å². The summed E-state index contributed by atoms with van der Waals surface area (Å²) in [5.74, 6) is -1.18. The quantitative estimate of drug-likeness (QED) is 0.476. The van der Waals surface area contributed by atoms with Crippen LogP contribution in [0.5, 0.6) is 0 Å². The van der Waals surface area contributed by atoms with Crippen molar-refractivity contribution in [2.45, 2.75) is 26.8 Å². The molecule has 5 nitrogen and oxygen atoms in total. The van der Waals surface area contributed by atoms with Gasteiger partial charge in [0.25, 0.3) is 0 Å². The molecule has 2 N–H and O–H groups in total. The van der Waals surface area contributed by atoms with Crippen molar-refractivity contribution < 1.29 is 14.7 Å². The van der Waals surface area contributed by atoms with E-state index in [2.05, 4.69) is 10.3 Å². The number of benzene rings is 2. The van der Waals surface area contributed by atoms with Crippen LogP contribution in [0.4, 0.5) is 0 Å². The van der Waals surface area contributed by atoms with E-state index in [0.29, 0.717) is 10.0 Å². The predicted molar refractivity (Wildman–Crippen MR) is 122 cm³/mol. The number of carboxylic acid groups (broad SMARTS) is 1. The van der Waals surface area contributed by atoms with E-state index in [9.17, 15) is 9.59 Å². The van der Waals surface area contributed by atoms with E-state index in [1.165, 1.54) is 17.4 Å². The number of allylic oxidation sites excluding steroid dienone is 4. The molecule has 0 radical (unpaired) electrons. The minimum atomic E-state index is -0.996. The Morgan fingerprint density at radius 2 is 2.03 bits per heavy atom. The second kappa shape index (κ2) is 9.69. The predicted octanol–water partition coefficient (Wildman–Crippen LogP) is 5.49. The molecule has 3 rings (SSSR count). The molecular weight excluding hydrogens is 420 g/mol. The number of carboxylic acids is 1. The maximum atomic E-state index is 12.4. The van der Waals surface area contributed by atoms with Gasteiger partial charge in [0.15, 0.2) is 0 Å². The average Bonchev–Trinajstić information content (AvgIpc) is 3.15. The summed E-state index contributed by atoms with van der Waals surface area (Å²) < 4.78 is 0.856. The Kier molecular flexibility index (Phi) is 7.03. The van der Waals surface area contributed by atoms with Gasteiger partial charge in [-0.3, -0.25) is 4.79 Å². The van der Waals surface area contributed by atoms with E-state index in [0.717, 1.165) is 26.9 Å². The van der Waals surface area contributed by atoms with Crippen LogP contribution >= 0.6 is 22.9 Å². The fraction of sp³-hybridized carbons (Fsp3) is 0.174. The van der Waals surface area contributed by atoms with Gasteiger partial charge in [0, 0.05) is 12.1 Å². The van der Waals surface area contributed by atoms with Crippen LogP contribution in [0.2, 0.25) is 5.02 Å². The molecule has 0 spiro atoms.